The molecule has 2 aromatic rings. The molecule has 2 aromatic carbocycles. The number of rotatable bonds is 8. The van der Waals surface area contributed by atoms with E-state index in [9.17, 15) is 18.0 Å². The van der Waals surface area contributed by atoms with Crippen molar-refractivity contribution in [2.24, 2.45) is 0 Å². The molecule has 1 aliphatic carbocycles. The first-order chi connectivity index (χ1) is 13.8. The third kappa shape index (κ3) is 5.42. The number of esters is 1. The summed E-state index contributed by atoms with van der Waals surface area (Å²) in [6, 6.07) is 11.5. The number of carbonyl (C=O) groups excluding carboxylic acids is 2. The van der Waals surface area contributed by atoms with Crippen LogP contribution in [0.15, 0.2) is 47.4 Å². The maximum atomic E-state index is 12.6. The molecule has 154 valence electrons. The van der Waals surface area contributed by atoms with Gasteiger partial charge in [0.25, 0.3) is 5.91 Å². The molecule has 0 radical (unpaired) electrons. The van der Waals surface area contributed by atoms with E-state index in [0.717, 1.165) is 18.4 Å². The first-order valence-corrected chi connectivity index (χ1v) is 10.9. The Hall–Kier alpha value is -2.71. The minimum absolute atomic E-state index is 0.00384. The molecule has 0 atom stereocenters. The zero-order chi connectivity index (χ0) is 21.0. The van der Waals surface area contributed by atoms with Gasteiger partial charge in [0.05, 0.1) is 17.6 Å². The van der Waals surface area contributed by atoms with Crippen molar-refractivity contribution >= 4 is 21.9 Å². The van der Waals surface area contributed by atoms with Crippen LogP contribution in [0.5, 0.6) is 0 Å². The maximum absolute atomic E-state index is 12.6. The molecule has 1 saturated carbocycles. The normalized spacial score (nSPS) is 13.7. The molecule has 1 aliphatic rings. The number of amides is 1. The van der Waals surface area contributed by atoms with E-state index in [-0.39, 0.29) is 16.8 Å². The lowest BCUT2D eigenvalue weighted by Gasteiger charge is -2.11. The Morgan fingerprint density at radius 2 is 1.79 bits per heavy atom. The van der Waals surface area contributed by atoms with Crippen LogP contribution in [0.2, 0.25) is 0 Å². The van der Waals surface area contributed by atoms with Crippen molar-refractivity contribution in [3.63, 3.8) is 0 Å². The Kier molecular flexibility index (Phi) is 6.34. The topological polar surface area (TPSA) is 102 Å². The molecule has 29 heavy (non-hydrogen) atoms. The maximum Gasteiger partial charge on any atom is 0.337 e. The molecule has 0 bridgehead atoms. The van der Waals surface area contributed by atoms with E-state index in [1.807, 2.05) is 0 Å². The number of aryl methyl sites for hydroxylation is 1. The molecule has 0 spiro atoms. The fraction of sp³-hybridized carbons (Fsp3) is 0.333. The van der Waals surface area contributed by atoms with Gasteiger partial charge in [-0.25, -0.2) is 17.9 Å². The van der Waals surface area contributed by atoms with Gasteiger partial charge in [-0.15, -0.1) is 0 Å². The summed E-state index contributed by atoms with van der Waals surface area (Å²) in [4.78, 5) is 24.1. The first-order valence-electron chi connectivity index (χ1n) is 9.38. The average molecular weight is 416 g/mol. The summed E-state index contributed by atoms with van der Waals surface area (Å²) in [6.45, 7) is 2.15. The standard InChI is InChI=1S/C21H24N2O5S/c1-14-3-10-18(29(26,27)23-17-8-9-17)13-19(14)20(24)22-12-11-15-4-6-16(7-5-15)21(25)28-2/h3-7,10,13,17,23H,8-9,11-12H2,1-2H3,(H,22,24). The number of carbonyl (C=O) groups is 2. The van der Waals surface area contributed by atoms with Crippen molar-refractivity contribution in [3.8, 4) is 0 Å². The second kappa shape index (κ2) is 8.75. The third-order valence-corrected chi connectivity index (χ3v) is 6.26. The van der Waals surface area contributed by atoms with Crippen LogP contribution in [0.3, 0.4) is 0 Å². The van der Waals surface area contributed by atoms with Crippen LogP contribution in [0, 0.1) is 6.92 Å². The van der Waals surface area contributed by atoms with E-state index < -0.39 is 16.0 Å². The smallest absolute Gasteiger partial charge is 0.337 e. The second-order valence-electron chi connectivity index (χ2n) is 7.07. The van der Waals surface area contributed by atoms with Gasteiger partial charge < -0.3 is 10.1 Å². The molecule has 0 aliphatic heterocycles. The van der Waals surface area contributed by atoms with Crippen molar-refractivity contribution in [2.75, 3.05) is 13.7 Å². The zero-order valence-electron chi connectivity index (χ0n) is 16.4. The molecular weight excluding hydrogens is 392 g/mol. The summed E-state index contributed by atoms with van der Waals surface area (Å²) < 4.78 is 32.1. The molecular formula is C21H24N2O5S. The summed E-state index contributed by atoms with van der Waals surface area (Å²) in [5.74, 6) is -0.719. The van der Waals surface area contributed by atoms with Crippen LogP contribution >= 0.6 is 0 Å². The Morgan fingerprint density at radius 1 is 1.10 bits per heavy atom. The van der Waals surface area contributed by atoms with Crippen LogP contribution in [0.25, 0.3) is 0 Å². The van der Waals surface area contributed by atoms with E-state index in [1.54, 1.807) is 37.3 Å². The van der Waals surface area contributed by atoms with Crippen LogP contribution in [-0.2, 0) is 21.2 Å². The Labute approximate surface area is 170 Å². The molecule has 3 rings (SSSR count). The Morgan fingerprint density at radius 3 is 2.41 bits per heavy atom. The number of benzene rings is 2. The van der Waals surface area contributed by atoms with Gasteiger partial charge in [-0.1, -0.05) is 18.2 Å². The minimum Gasteiger partial charge on any atom is -0.465 e. The number of methoxy groups -OCH3 is 1. The summed E-state index contributed by atoms with van der Waals surface area (Å²) in [5, 5.41) is 2.82. The number of hydrogen-bond donors (Lipinski definition) is 2. The van der Waals surface area contributed by atoms with Crippen LogP contribution in [0.1, 0.15) is 44.7 Å². The molecule has 0 heterocycles. The van der Waals surface area contributed by atoms with E-state index >= 15 is 0 Å². The predicted octanol–water partition coefficient (Wildman–Crippen LogP) is 2.19. The highest BCUT2D eigenvalue weighted by molar-refractivity contribution is 7.89. The lowest BCUT2D eigenvalue weighted by molar-refractivity contribution is 0.0600. The third-order valence-electron chi connectivity index (χ3n) is 4.74. The fourth-order valence-electron chi connectivity index (χ4n) is 2.84. The molecule has 0 unspecified atom stereocenters. The molecule has 1 amide bonds. The van der Waals surface area contributed by atoms with Gasteiger partial charge in [0.1, 0.15) is 0 Å². The van der Waals surface area contributed by atoms with Crippen LogP contribution < -0.4 is 10.0 Å². The summed E-state index contributed by atoms with van der Waals surface area (Å²) in [5.41, 5.74) is 2.47. The largest absolute Gasteiger partial charge is 0.465 e. The fourth-order valence-corrected chi connectivity index (χ4v) is 4.17. The van der Waals surface area contributed by atoms with E-state index in [1.165, 1.54) is 19.2 Å². The Bertz CT molecular complexity index is 1010. The van der Waals surface area contributed by atoms with Gasteiger partial charge in [-0.05, 0) is 61.6 Å². The van der Waals surface area contributed by atoms with Gasteiger partial charge in [-0.3, -0.25) is 4.79 Å². The number of nitrogens with one attached hydrogen (secondary N) is 2. The summed E-state index contributed by atoms with van der Waals surface area (Å²) >= 11 is 0. The minimum atomic E-state index is -3.61. The summed E-state index contributed by atoms with van der Waals surface area (Å²) in [7, 11) is -2.29. The van der Waals surface area contributed by atoms with E-state index in [0.29, 0.717) is 29.7 Å². The van der Waals surface area contributed by atoms with Gasteiger partial charge in [0, 0.05) is 18.2 Å². The molecule has 7 nitrogen and oxygen atoms in total. The van der Waals surface area contributed by atoms with Gasteiger partial charge >= 0.3 is 5.97 Å². The monoisotopic (exact) mass is 416 g/mol. The second-order valence-corrected chi connectivity index (χ2v) is 8.78. The lowest BCUT2D eigenvalue weighted by atomic mass is 10.1. The highest BCUT2D eigenvalue weighted by atomic mass is 32.2. The average Bonchev–Trinajstić information content (AvgIpc) is 3.51. The van der Waals surface area contributed by atoms with Crippen molar-refractivity contribution in [1.82, 2.24) is 10.0 Å². The first kappa shape index (κ1) is 21.0. The van der Waals surface area contributed by atoms with Crippen LogP contribution in [0.4, 0.5) is 0 Å². The van der Waals surface area contributed by atoms with Gasteiger partial charge in [0.2, 0.25) is 10.0 Å². The number of hydrogen-bond acceptors (Lipinski definition) is 5. The molecule has 1 fully saturated rings. The number of sulfonamides is 1. The van der Waals surface area contributed by atoms with Crippen LogP contribution in [-0.4, -0.2) is 40.0 Å². The van der Waals surface area contributed by atoms with E-state index in [2.05, 4.69) is 14.8 Å². The predicted molar refractivity (Wildman–Crippen MR) is 108 cm³/mol. The van der Waals surface area contributed by atoms with Crippen molar-refractivity contribution in [3.05, 3.63) is 64.7 Å². The lowest BCUT2D eigenvalue weighted by Crippen LogP contribution is -2.28. The number of ether oxygens (including phenoxy) is 1. The van der Waals surface area contributed by atoms with Gasteiger partial charge in [0.15, 0.2) is 0 Å². The highest BCUT2D eigenvalue weighted by Gasteiger charge is 2.28. The highest BCUT2D eigenvalue weighted by Crippen LogP contribution is 2.23. The molecule has 0 saturated heterocycles. The van der Waals surface area contributed by atoms with E-state index in [4.69, 9.17) is 0 Å². The molecule has 2 N–H and O–H groups in total. The summed E-state index contributed by atoms with van der Waals surface area (Å²) in [6.07, 6.45) is 2.27. The van der Waals surface area contributed by atoms with Crippen molar-refractivity contribution in [2.45, 2.75) is 37.1 Å². The van der Waals surface area contributed by atoms with Crippen molar-refractivity contribution in [1.29, 1.82) is 0 Å². The van der Waals surface area contributed by atoms with Crippen molar-refractivity contribution < 1.29 is 22.7 Å². The molecule has 0 aromatic heterocycles. The molecule has 8 heteroatoms. The van der Waals surface area contributed by atoms with Gasteiger partial charge in [-0.2, -0.15) is 0 Å². The SMILES string of the molecule is COC(=O)c1ccc(CCNC(=O)c2cc(S(=O)(=O)NC3CC3)ccc2C)cc1. The zero-order valence-corrected chi connectivity index (χ0v) is 17.2. The Balaban J connectivity index is 1.61. The quantitative estimate of drug-likeness (QED) is 0.643.